The summed E-state index contributed by atoms with van der Waals surface area (Å²) in [5, 5.41) is 2.88. The van der Waals surface area contributed by atoms with Crippen molar-refractivity contribution in [3.05, 3.63) is 18.2 Å². The van der Waals surface area contributed by atoms with E-state index in [1.54, 1.807) is 18.2 Å². The summed E-state index contributed by atoms with van der Waals surface area (Å²) in [6.07, 6.45) is 2.73. The van der Waals surface area contributed by atoms with Crippen LogP contribution in [-0.2, 0) is 14.8 Å². The summed E-state index contributed by atoms with van der Waals surface area (Å²) in [5.74, 6) is 1.08. The fraction of sp³-hybridized carbons (Fsp3) is 0.588. The van der Waals surface area contributed by atoms with E-state index in [9.17, 15) is 13.2 Å². The third-order valence-corrected chi connectivity index (χ3v) is 5.19. The van der Waals surface area contributed by atoms with Gasteiger partial charge < -0.3 is 14.8 Å². The number of nitrogens with zero attached hydrogens (tertiary/aromatic N) is 1. The Morgan fingerprint density at radius 1 is 1.28 bits per heavy atom. The molecule has 0 unspecified atom stereocenters. The number of anilines is 1. The van der Waals surface area contributed by atoms with Crippen LogP contribution in [0.15, 0.2) is 18.2 Å². The Bertz CT molecular complexity index is 705. The molecular weight excluding hydrogens is 344 g/mol. The van der Waals surface area contributed by atoms with E-state index in [1.807, 2.05) is 13.8 Å². The number of benzene rings is 1. The molecule has 1 aliphatic rings. The van der Waals surface area contributed by atoms with Crippen molar-refractivity contribution < 1.29 is 22.7 Å². The van der Waals surface area contributed by atoms with E-state index >= 15 is 0 Å². The van der Waals surface area contributed by atoms with Gasteiger partial charge in [-0.3, -0.25) is 9.10 Å². The lowest BCUT2D eigenvalue weighted by molar-refractivity contribution is -0.121. The van der Waals surface area contributed by atoms with Crippen molar-refractivity contribution in [3.63, 3.8) is 0 Å². The quantitative estimate of drug-likeness (QED) is 0.756. The minimum atomic E-state index is -3.46. The van der Waals surface area contributed by atoms with Gasteiger partial charge in [0.25, 0.3) is 0 Å². The molecule has 0 radical (unpaired) electrons. The maximum Gasteiger partial charge on any atom is 0.232 e. The van der Waals surface area contributed by atoms with Crippen molar-refractivity contribution in [1.29, 1.82) is 0 Å². The molecule has 0 aromatic heterocycles. The number of carbonyl (C=O) groups is 1. The highest BCUT2D eigenvalue weighted by Crippen LogP contribution is 2.34. The molecule has 0 bridgehead atoms. The Kier molecular flexibility index (Phi) is 6.52. The van der Waals surface area contributed by atoms with E-state index in [1.165, 1.54) is 4.31 Å². The highest BCUT2D eigenvalue weighted by molar-refractivity contribution is 7.92. The number of carbonyl (C=O) groups excluding carboxylic acids is 1. The largest absolute Gasteiger partial charge is 0.486 e. The van der Waals surface area contributed by atoms with Gasteiger partial charge in [0.2, 0.25) is 15.9 Å². The molecule has 1 aromatic rings. The number of nitrogens with one attached hydrogen (secondary N) is 1. The molecule has 1 aliphatic heterocycles. The minimum absolute atomic E-state index is 0.0648. The van der Waals surface area contributed by atoms with Crippen molar-refractivity contribution in [2.24, 2.45) is 0 Å². The summed E-state index contributed by atoms with van der Waals surface area (Å²) in [6.45, 7) is 5.08. The van der Waals surface area contributed by atoms with E-state index in [4.69, 9.17) is 9.47 Å². The molecule has 7 nitrogen and oxygen atoms in total. The van der Waals surface area contributed by atoms with Crippen molar-refractivity contribution in [1.82, 2.24) is 5.32 Å². The fourth-order valence-electron chi connectivity index (χ4n) is 2.51. The Morgan fingerprint density at radius 3 is 2.60 bits per heavy atom. The molecule has 0 saturated heterocycles. The monoisotopic (exact) mass is 370 g/mol. The van der Waals surface area contributed by atoms with E-state index < -0.39 is 10.0 Å². The molecule has 0 fully saturated rings. The SMILES string of the molecule is CC[C@@H](C)NC(=O)CCCN(c1ccc2c(c1)OCCO2)S(C)(=O)=O. The highest BCUT2D eigenvalue weighted by Gasteiger charge is 2.21. The van der Waals surface area contributed by atoms with Gasteiger partial charge in [-0.25, -0.2) is 8.42 Å². The first kappa shape index (κ1) is 19.4. The lowest BCUT2D eigenvalue weighted by atomic mass is 10.2. The Balaban J connectivity index is 2.04. The molecule has 1 amide bonds. The van der Waals surface area contributed by atoms with Crippen LogP contribution in [0.25, 0.3) is 0 Å². The van der Waals surface area contributed by atoms with E-state index in [2.05, 4.69) is 5.32 Å². The van der Waals surface area contributed by atoms with E-state index in [-0.39, 0.29) is 24.9 Å². The van der Waals surface area contributed by atoms with Crippen LogP contribution in [0.5, 0.6) is 11.5 Å². The minimum Gasteiger partial charge on any atom is -0.486 e. The summed E-state index contributed by atoms with van der Waals surface area (Å²) in [6, 6.07) is 5.18. The number of fused-ring (bicyclic) bond motifs is 1. The average Bonchev–Trinajstić information content (AvgIpc) is 2.57. The highest BCUT2D eigenvalue weighted by atomic mass is 32.2. The van der Waals surface area contributed by atoms with Crippen molar-refractivity contribution >= 4 is 21.6 Å². The topological polar surface area (TPSA) is 84.9 Å². The van der Waals surface area contributed by atoms with E-state index in [0.29, 0.717) is 36.8 Å². The molecule has 1 atom stereocenters. The van der Waals surface area contributed by atoms with Crippen LogP contribution in [0.2, 0.25) is 0 Å². The van der Waals surface area contributed by atoms with Crippen LogP contribution < -0.4 is 19.1 Å². The van der Waals surface area contributed by atoms with Crippen molar-refractivity contribution in [3.8, 4) is 11.5 Å². The second kappa shape index (κ2) is 8.42. The summed E-state index contributed by atoms with van der Waals surface area (Å²) in [7, 11) is -3.46. The molecule has 1 heterocycles. The molecule has 2 rings (SSSR count). The van der Waals surface area contributed by atoms with Gasteiger partial charge in [0.15, 0.2) is 11.5 Å². The van der Waals surface area contributed by atoms with E-state index in [0.717, 1.165) is 12.7 Å². The summed E-state index contributed by atoms with van der Waals surface area (Å²) in [4.78, 5) is 11.9. The third-order valence-electron chi connectivity index (χ3n) is 4.00. The molecule has 0 aliphatic carbocycles. The first-order chi connectivity index (χ1) is 11.8. The fourth-order valence-corrected chi connectivity index (χ4v) is 3.46. The first-order valence-electron chi connectivity index (χ1n) is 8.48. The standard InChI is InChI=1S/C17H26N2O5S/c1-4-13(2)18-17(20)6-5-9-19(25(3,21)22)14-7-8-15-16(12-14)24-11-10-23-15/h7-8,12-13H,4-6,9-11H2,1-3H3,(H,18,20)/t13-/m1/s1. The molecule has 25 heavy (non-hydrogen) atoms. The maximum atomic E-state index is 12.2. The maximum absolute atomic E-state index is 12.2. The number of rotatable bonds is 8. The predicted molar refractivity (Wildman–Crippen MR) is 96.8 cm³/mol. The number of ether oxygens (including phenoxy) is 2. The van der Waals surface area contributed by atoms with Crippen LogP contribution in [0.3, 0.4) is 0 Å². The van der Waals surface area contributed by atoms with Gasteiger partial charge in [-0.2, -0.15) is 0 Å². The Labute approximate surface area is 149 Å². The number of sulfonamides is 1. The lowest BCUT2D eigenvalue weighted by Crippen LogP contribution is -2.34. The van der Waals surface area contributed by atoms with Crippen molar-refractivity contribution in [2.45, 2.75) is 39.2 Å². The molecule has 140 valence electrons. The summed E-state index contributed by atoms with van der Waals surface area (Å²) < 4.78 is 36.6. The van der Waals surface area contributed by atoms with Crippen LogP contribution in [0.4, 0.5) is 5.69 Å². The second-order valence-electron chi connectivity index (χ2n) is 6.14. The average molecular weight is 370 g/mol. The zero-order chi connectivity index (χ0) is 18.4. The van der Waals surface area contributed by atoms with Gasteiger partial charge in [0.1, 0.15) is 13.2 Å². The second-order valence-corrected chi connectivity index (χ2v) is 8.05. The molecule has 1 aromatic carbocycles. The van der Waals surface area contributed by atoms with Gasteiger partial charge in [0, 0.05) is 25.1 Å². The third kappa shape index (κ3) is 5.52. The van der Waals surface area contributed by atoms with Gasteiger partial charge in [-0.05, 0) is 31.9 Å². The molecule has 8 heteroatoms. The number of amides is 1. The van der Waals surface area contributed by atoms with Crippen LogP contribution in [0, 0.1) is 0 Å². The molecule has 1 N–H and O–H groups in total. The van der Waals surface area contributed by atoms with Crippen molar-refractivity contribution in [2.75, 3.05) is 30.3 Å². The van der Waals surface area contributed by atoms with Crippen LogP contribution >= 0.6 is 0 Å². The Hall–Kier alpha value is -1.96. The first-order valence-corrected chi connectivity index (χ1v) is 10.3. The Morgan fingerprint density at radius 2 is 1.96 bits per heavy atom. The molecule has 0 spiro atoms. The summed E-state index contributed by atoms with van der Waals surface area (Å²) >= 11 is 0. The van der Waals surface area contributed by atoms with Crippen LogP contribution in [0.1, 0.15) is 33.1 Å². The predicted octanol–water partition coefficient (Wildman–Crippen LogP) is 1.92. The smallest absolute Gasteiger partial charge is 0.232 e. The number of hydrogen-bond acceptors (Lipinski definition) is 5. The van der Waals surface area contributed by atoms with Crippen LogP contribution in [-0.4, -0.2) is 46.4 Å². The lowest BCUT2D eigenvalue weighted by Gasteiger charge is -2.25. The molecule has 0 saturated carbocycles. The normalized spacial score (nSPS) is 14.7. The van der Waals surface area contributed by atoms with Gasteiger partial charge in [0.05, 0.1) is 11.9 Å². The zero-order valence-corrected chi connectivity index (χ0v) is 15.8. The summed E-state index contributed by atoms with van der Waals surface area (Å²) in [5.41, 5.74) is 0.508. The molecular formula is C17H26N2O5S. The van der Waals surface area contributed by atoms with Gasteiger partial charge in [-0.15, -0.1) is 0 Å². The van der Waals surface area contributed by atoms with Gasteiger partial charge in [-0.1, -0.05) is 6.92 Å². The zero-order valence-electron chi connectivity index (χ0n) is 14.9. The van der Waals surface area contributed by atoms with Gasteiger partial charge >= 0.3 is 0 Å². The number of hydrogen-bond donors (Lipinski definition) is 1.